The summed E-state index contributed by atoms with van der Waals surface area (Å²) in [5.74, 6) is 0.966. The highest BCUT2D eigenvalue weighted by molar-refractivity contribution is 5.89. The first-order valence-corrected chi connectivity index (χ1v) is 5.83. The van der Waals surface area contributed by atoms with Crippen molar-refractivity contribution in [3.05, 3.63) is 0 Å². The van der Waals surface area contributed by atoms with Gasteiger partial charge < -0.3 is 9.47 Å². The maximum Gasteiger partial charge on any atom is 0.169 e. The van der Waals surface area contributed by atoms with E-state index in [2.05, 4.69) is 13.8 Å². The molecule has 2 rings (SSSR count). The van der Waals surface area contributed by atoms with Crippen LogP contribution in [-0.4, -0.2) is 25.3 Å². The molecule has 0 aromatic carbocycles. The predicted octanol–water partition coefficient (Wildman–Crippen LogP) is 2.00. The number of rotatable bonds is 2. The Morgan fingerprint density at radius 3 is 2.40 bits per heavy atom. The molecule has 0 bridgehead atoms. The van der Waals surface area contributed by atoms with Crippen molar-refractivity contribution < 1.29 is 14.3 Å². The number of Topliss-reactive ketones (excluding diaryl/α,β-unsaturated/α-hetero) is 1. The molecule has 86 valence electrons. The van der Waals surface area contributed by atoms with E-state index in [9.17, 15) is 4.79 Å². The zero-order chi connectivity index (χ0) is 11.1. The van der Waals surface area contributed by atoms with Crippen molar-refractivity contribution in [1.29, 1.82) is 0 Å². The Balaban J connectivity index is 2.13. The Bertz CT molecular complexity index is 256. The van der Waals surface area contributed by atoms with E-state index in [-0.39, 0.29) is 12.2 Å². The van der Waals surface area contributed by atoms with Gasteiger partial charge in [-0.15, -0.1) is 0 Å². The second-order valence-corrected chi connectivity index (χ2v) is 5.24. The Kier molecular flexibility index (Phi) is 2.86. The molecular formula is C12H20O3. The number of hydrogen-bond acceptors (Lipinski definition) is 3. The van der Waals surface area contributed by atoms with Gasteiger partial charge in [0.1, 0.15) is 5.78 Å². The van der Waals surface area contributed by atoms with Gasteiger partial charge >= 0.3 is 0 Å². The Hall–Kier alpha value is -0.410. The van der Waals surface area contributed by atoms with Gasteiger partial charge in [-0.05, 0) is 25.7 Å². The van der Waals surface area contributed by atoms with Crippen LogP contribution in [-0.2, 0) is 14.3 Å². The summed E-state index contributed by atoms with van der Waals surface area (Å²) in [6, 6.07) is 0. The highest BCUT2D eigenvalue weighted by atomic mass is 16.7. The SMILES string of the molecule is CC(C)[C@H]1CC[C@@](C)(C2OCCO2)C1=O. The van der Waals surface area contributed by atoms with Crippen LogP contribution in [0.25, 0.3) is 0 Å². The number of hydrogen-bond donors (Lipinski definition) is 0. The first kappa shape index (κ1) is 11.1. The molecule has 0 aromatic rings. The lowest BCUT2D eigenvalue weighted by atomic mass is 9.83. The van der Waals surface area contributed by atoms with Gasteiger partial charge in [-0.2, -0.15) is 0 Å². The minimum absolute atomic E-state index is 0.197. The van der Waals surface area contributed by atoms with Crippen LogP contribution in [0, 0.1) is 17.3 Å². The van der Waals surface area contributed by atoms with E-state index < -0.39 is 5.41 Å². The Labute approximate surface area is 91.1 Å². The molecule has 0 radical (unpaired) electrons. The van der Waals surface area contributed by atoms with Gasteiger partial charge in [-0.25, -0.2) is 0 Å². The summed E-state index contributed by atoms with van der Waals surface area (Å²) in [7, 11) is 0. The van der Waals surface area contributed by atoms with Crippen molar-refractivity contribution in [2.45, 2.75) is 39.9 Å². The molecule has 15 heavy (non-hydrogen) atoms. The van der Waals surface area contributed by atoms with Gasteiger partial charge in [-0.1, -0.05) is 13.8 Å². The molecule has 2 atom stereocenters. The monoisotopic (exact) mass is 212 g/mol. The van der Waals surface area contributed by atoms with Crippen LogP contribution in [0.1, 0.15) is 33.6 Å². The number of ether oxygens (including phenoxy) is 2. The van der Waals surface area contributed by atoms with E-state index in [0.29, 0.717) is 24.9 Å². The van der Waals surface area contributed by atoms with E-state index in [1.807, 2.05) is 6.92 Å². The van der Waals surface area contributed by atoms with E-state index in [4.69, 9.17) is 9.47 Å². The molecule has 1 aliphatic carbocycles. The van der Waals surface area contributed by atoms with Crippen LogP contribution >= 0.6 is 0 Å². The van der Waals surface area contributed by atoms with E-state index in [1.54, 1.807) is 0 Å². The number of carbonyl (C=O) groups excluding carboxylic acids is 1. The topological polar surface area (TPSA) is 35.5 Å². The molecule has 1 heterocycles. The summed E-state index contributed by atoms with van der Waals surface area (Å²) >= 11 is 0. The van der Waals surface area contributed by atoms with Crippen molar-refractivity contribution in [3.63, 3.8) is 0 Å². The first-order valence-electron chi connectivity index (χ1n) is 5.83. The van der Waals surface area contributed by atoms with Crippen LogP contribution < -0.4 is 0 Å². The Morgan fingerprint density at radius 1 is 1.33 bits per heavy atom. The lowest BCUT2D eigenvalue weighted by Crippen LogP contribution is -2.39. The first-order chi connectivity index (χ1) is 7.05. The van der Waals surface area contributed by atoms with Crippen molar-refractivity contribution in [2.24, 2.45) is 17.3 Å². The fraction of sp³-hybridized carbons (Fsp3) is 0.917. The maximum absolute atomic E-state index is 12.3. The zero-order valence-corrected chi connectivity index (χ0v) is 9.79. The summed E-state index contributed by atoms with van der Waals surface area (Å²) in [4.78, 5) is 12.3. The molecular weight excluding hydrogens is 192 g/mol. The summed E-state index contributed by atoms with van der Waals surface area (Å²) in [6.07, 6.45) is 1.59. The average molecular weight is 212 g/mol. The molecule has 3 heteroatoms. The third-order valence-corrected chi connectivity index (χ3v) is 3.82. The molecule has 2 fully saturated rings. The van der Waals surface area contributed by atoms with Crippen LogP contribution in [0.2, 0.25) is 0 Å². The van der Waals surface area contributed by atoms with Crippen molar-refractivity contribution in [1.82, 2.24) is 0 Å². The van der Waals surface area contributed by atoms with Crippen molar-refractivity contribution in [2.75, 3.05) is 13.2 Å². The van der Waals surface area contributed by atoms with Gasteiger partial charge in [0, 0.05) is 5.92 Å². The van der Waals surface area contributed by atoms with Gasteiger partial charge in [0.05, 0.1) is 18.6 Å². The molecule has 0 amide bonds. The largest absolute Gasteiger partial charge is 0.349 e. The quantitative estimate of drug-likeness (QED) is 0.702. The zero-order valence-electron chi connectivity index (χ0n) is 9.79. The second-order valence-electron chi connectivity index (χ2n) is 5.24. The van der Waals surface area contributed by atoms with Gasteiger partial charge in [0.2, 0.25) is 0 Å². The number of ketones is 1. The summed E-state index contributed by atoms with van der Waals surface area (Å²) in [6.45, 7) is 7.48. The van der Waals surface area contributed by atoms with Crippen LogP contribution in [0.3, 0.4) is 0 Å². The Morgan fingerprint density at radius 2 is 1.93 bits per heavy atom. The summed E-state index contributed by atoms with van der Waals surface area (Å²) in [5, 5.41) is 0. The van der Waals surface area contributed by atoms with Gasteiger partial charge in [0.25, 0.3) is 0 Å². The lowest BCUT2D eigenvalue weighted by molar-refractivity contribution is -0.156. The van der Waals surface area contributed by atoms with Crippen molar-refractivity contribution >= 4 is 5.78 Å². The van der Waals surface area contributed by atoms with Crippen LogP contribution in [0.4, 0.5) is 0 Å². The molecule has 1 saturated heterocycles. The van der Waals surface area contributed by atoms with E-state index in [0.717, 1.165) is 12.8 Å². The molecule has 3 nitrogen and oxygen atoms in total. The molecule has 0 aromatic heterocycles. The second kappa shape index (κ2) is 3.87. The molecule has 0 N–H and O–H groups in total. The average Bonchev–Trinajstić information content (AvgIpc) is 2.76. The van der Waals surface area contributed by atoms with E-state index in [1.165, 1.54) is 0 Å². The fourth-order valence-corrected chi connectivity index (χ4v) is 2.73. The third kappa shape index (κ3) is 1.72. The standard InChI is InChI=1S/C12H20O3/c1-8(2)9-4-5-12(3,10(9)13)11-14-6-7-15-11/h8-9,11H,4-7H2,1-3H3/t9-,12-/m1/s1. The maximum atomic E-state index is 12.3. The minimum Gasteiger partial charge on any atom is -0.349 e. The smallest absolute Gasteiger partial charge is 0.169 e. The molecule has 1 aliphatic heterocycles. The molecule has 2 aliphatic rings. The fourth-order valence-electron chi connectivity index (χ4n) is 2.73. The number of carbonyl (C=O) groups is 1. The van der Waals surface area contributed by atoms with Crippen LogP contribution in [0.5, 0.6) is 0 Å². The lowest BCUT2D eigenvalue weighted by Gasteiger charge is -2.28. The summed E-state index contributed by atoms with van der Waals surface area (Å²) in [5.41, 5.74) is -0.397. The van der Waals surface area contributed by atoms with Crippen molar-refractivity contribution in [3.8, 4) is 0 Å². The van der Waals surface area contributed by atoms with Gasteiger partial charge in [0.15, 0.2) is 6.29 Å². The predicted molar refractivity (Wildman–Crippen MR) is 56.4 cm³/mol. The molecule has 1 saturated carbocycles. The molecule has 0 unspecified atom stereocenters. The normalized spacial score (nSPS) is 38.1. The summed E-state index contributed by atoms with van der Waals surface area (Å²) < 4.78 is 11.0. The third-order valence-electron chi connectivity index (χ3n) is 3.82. The van der Waals surface area contributed by atoms with Crippen LogP contribution in [0.15, 0.2) is 0 Å². The van der Waals surface area contributed by atoms with Gasteiger partial charge in [-0.3, -0.25) is 4.79 Å². The minimum atomic E-state index is -0.397. The molecule has 0 spiro atoms. The van der Waals surface area contributed by atoms with E-state index >= 15 is 0 Å². The highest BCUT2D eigenvalue weighted by Gasteiger charge is 2.52. The highest BCUT2D eigenvalue weighted by Crippen LogP contribution is 2.45.